The minimum atomic E-state index is -0.875. The molecule has 0 bridgehead atoms. The van der Waals surface area contributed by atoms with E-state index in [1.165, 1.54) is 20.0 Å². The molecule has 0 radical (unpaired) electrons. The largest absolute Gasteiger partial charge is 0.453 e. The summed E-state index contributed by atoms with van der Waals surface area (Å²) in [6.07, 6.45) is 9.11. The number of benzene rings is 4. The second-order valence-corrected chi connectivity index (χ2v) is 18.6. The third-order valence-corrected chi connectivity index (χ3v) is 14.1. The van der Waals surface area contributed by atoms with Gasteiger partial charge in [-0.3, -0.25) is 14.5 Å². The lowest BCUT2D eigenvalue weighted by atomic mass is 10.0. The molecule has 5 atom stereocenters. The molecule has 1 saturated carbocycles. The fourth-order valence-electron chi connectivity index (χ4n) is 9.18. The van der Waals surface area contributed by atoms with Gasteiger partial charge in [-0.25, -0.2) is 14.8 Å². The summed E-state index contributed by atoms with van der Waals surface area (Å²) < 4.78 is 4.85. The number of imidazole rings is 2. The molecule has 1 aliphatic carbocycles. The lowest BCUT2D eigenvalue weighted by Gasteiger charge is -2.34. The van der Waals surface area contributed by atoms with Gasteiger partial charge in [-0.2, -0.15) is 0 Å². The standard InChI is InChI=1S/C51H57N9O4S/c1-58(2)46(38-14-8-5-9-15-38)50(62)60-43(32-65-44(60)17-10-28-52-39-26-27-39)48-54-31-41(56-48)36-24-20-34(21-25-36)33-18-22-35(23-19-33)40-30-53-47(55-40)42-16-11-29-59(42)49(61)45(57-51(63)64-3)37-12-6-4-7-13-37/h4-9,12-15,18-25,30-31,39,42-46,52H,10-11,16-17,26-29,32H2,1-3H3,(H,53,55)(H,54,56)(H,57,63)/t42-,43-,44?,45+,46?/m0/s1. The zero-order valence-electron chi connectivity index (χ0n) is 37.2. The molecular formula is C51H57N9O4S. The van der Waals surface area contributed by atoms with Gasteiger partial charge in [0.25, 0.3) is 5.91 Å². The zero-order valence-corrected chi connectivity index (χ0v) is 38.0. The quantitative estimate of drug-likeness (QED) is 0.0700. The number of nitrogens with one attached hydrogen (secondary N) is 4. The highest BCUT2D eigenvalue weighted by molar-refractivity contribution is 8.00. The Morgan fingerprint density at radius 3 is 1.89 bits per heavy atom. The summed E-state index contributed by atoms with van der Waals surface area (Å²) in [6.45, 7) is 1.53. The first-order chi connectivity index (χ1) is 31.7. The second kappa shape index (κ2) is 19.9. The molecule has 65 heavy (non-hydrogen) atoms. The number of carbonyl (C=O) groups excluding carboxylic acids is 3. The van der Waals surface area contributed by atoms with Gasteiger partial charge >= 0.3 is 6.09 Å². The Morgan fingerprint density at radius 2 is 1.32 bits per heavy atom. The number of carbonyl (C=O) groups is 3. The normalized spacial score (nSPS) is 19.4. The Bertz CT molecular complexity index is 2540. The monoisotopic (exact) mass is 891 g/mol. The number of likely N-dealkylation sites (tertiary alicyclic amines) is 1. The van der Waals surface area contributed by atoms with Gasteiger partial charge in [0.05, 0.1) is 48.3 Å². The average molecular weight is 892 g/mol. The van der Waals surface area contributed by atoms with Crippen molar-refractivity contribution in [1.82, 2.24) is 45.3 Å². The minimum Gasteiger partial charge on any atom is -0.453 e. The smallest absolute Gasteiger partial charge is 0.407 e. The summed E-state index contributed by atoms with van der Waals surface area (Å²) in [5, 5.41) is 6.44. The van der Waals surface area contributed by atoms with Crippen molar-refractivity contribution in [2.24, 2.45) is 0 Å². The van der Waals surface area contributed by atoms with Crippen LogP contribution in [0.4, 0.5) is 4.79 Å². The van der Waals surface area contributed by atoms with Crippen molar-refractivity contribution < 1.29 is 19.1 Å². The fourth-order valence-corrected chi connectivity index (χ4v) is 10.6. The number of hydrogen-bond acceptors (Lipinski definition) is 9. The van der Waals surface area contributed by atoms with E-state index < -0.39 is 18.2 Å². The van der Waals surface area contributed by atoms with Crippen LogP contribution in [0.25, 0.3) is 33.6 Å². The molecule has 3 amide bonds. The predicted molar refractivity (Wildman–Crippen MR) is 254 cm³/mol. The van der Waals surface area contributed by atoms with Gasteiger partial charge in [-0.15, -0.1) is 11.8 Å². The number of alkyl carbamates (subject to hydrolysis) is 1. The number of aromatic nitrogens is 4. The van der Waals surface area contributed by atoms with Gasteiger partial charge in [0.1, 0.15) is 23.7 Å². The van der Waals surface area contributed by atoms with Crippen LogP contribution in [0.5, 0.6) is 0 Å². The van der Waals surface area contributed by atoms with Crippen LogP contribution in [-0.4, -0.2) is 104 Å². The van der Waals surface area contributed by atoms with E-state index in [1.54, 1.807) is 4.90 Å². The summed E-state index contributed by atoms with van der Waals surface area (Å²) in [4.78, 5) is 63.5. The fraction of sp³-hybridized carbons (Fsp3) is 0.353. The van der Waals surface area contributed by atoms with Crippen molar-refractivity contribution in [3.63, 3.8) is 0 Å². The summed E-state index contributed by atoms with van der Waals surface area (Å²) in [7, 11) is 5.25. The van der Waals surface area contributed by atoms with Crippen molar-refractivity contribution >= 4 is 29.7 Å². The highest BCUT2D eigenvalue weighted by Gasteiger charge is 2.43. The predicted octanol–water partition coefficient (Wildman–Crippen LogP) is 8.67. The number of hydrogen-bond donors (Lipinski definition) is 4. The molecule has 2 aromatic heterocycles. The van der Waals surface area contributed by atoms with Crippen LogP contribution in [0.1, 0.15) is 85.5 Å². The van der Waals surface area contributed by atoms with Crippen molar-refractivity contribution in [1.29, 1.82) is 0 Å². The number of nitrogens with zero attached hydrogens (tertiary/aromatic N) is 5. The van der Waals surface area contributed by atoms with E-state index in [0.717, 1.165) is 83.0 Å². The van der Waals surface area contributed by atoms with E-state index in [9.17, 15) is 14.4 Å². The summed E-state index contributed by atoms with van der Waals surface area (Å²) in [5.41, 5.74) is 7.61. The highest BCUT2D eigenvalue weighted by atomic mass is 32.2. The SMILES string of the molecule is COC(=O)N[C@@H](C(=O)N1CCC[C@H]1c1ncc(-c2ccc(-c3ccc(-c4cnc([C@@H]5CSC(CCCNC6CC6)N5C(=O)C(c5ccccc5)N(C)C)[nH]4)cc3)cc2)[nH]1)c1ccccc1. The van der Waals surface area contributed by atoms with E-state index in [0.29, 0.717) is 24.0 Å². The number of amides is 3. The Morgan fingerprint density at radius 1 is 0.754 bits per heavy atom. The van der Waals surface area contributed by atoms with Crippen LogP contribution in [0.2, 0.25) is 0 Å². The first kappa shape index (κ1) is 44.0. The molecule has 3 fully saturated rings. The molecule has 9 rings (SSSR count). The molecule has 2 saturated heterocycles. The molecular weight excluding hydrogens is 835 g/mol. The first-order valence-electron chi connectivity index (χ1n) is 22.6. The number of aromatic amines is 2. The number of rotatable bonds is 16. The van der Waals surface area contributed by atoms with Crippen LogP contribution in [0.3, 0.4) is 0 Å². The van der Waals surface area contributed by atoms with Crippen molar-refractivity contribution in [3.05, 3.63) is 144 Å². The topological polar surface area (TPSA) is 152 Å². The summed E-state index contributed by atoms with van der Waals surface area (Å²) in [6, 6.07) is 35.1. The summed E-state index contributed by atoms with van der Waals surface area (Å²) >= 11 is 1.86. The van der Waals surface area contributed by atoms with Gasteiger partial charge < -0.3 is 35.1 Å². The van der Waals surface area contributed by atoms with E-state index >= 15 is 0 Å². The molecule has 4 N–H and O–H groups in total. The van der Waals surface area contributed by atoms with Gasteiger partial charge in [0, 0.05) is 18.3 Å². The minimum absolute atomic E-state index is 0.0685. The number of thioether (sulfide) groups is 1. The molecule has 3 aliphatic rings. The van der Waals surface area contributed by atoms with Crippen molar-refractivity contribution in [3.8, 4) is 33.6 Å². The zero-order chi connectivity index (χ0) is 44.9. The molecule has 4 aromatic carbocycles. The van der Waals surface area contributed by atoms with Crippen molar-refractivity contribution in [2.45, 2.75) is 74.1 Å². The Hall–Kier alpha value is -6.22. The molecule has 2 unspecified atom stereocenters. The lowest BCUT2D eigenvalue weighted by molar-refractivity contribution is -0.139. The Labute approximate surface area is 384 Å². The highest BCUT2D eigenvalue weighted by Crippen LogP contribution is 2.43. The maximum absolute atomic E-state index is 14.7. The van der Waals surface area contributed by atoms with E-state index in [2.05, 4.69) is 74.0 Å². The summed E-state index contributed by atoms with van der Waals surface area (Å²) in [5.74, 6) is 2.21. The van der Waals surface area contributed by atoms with Gasteiger partial charge in [0.15, 0.2) is 0 Å². The van der Waals surface area contributed by atoms with E-state index in [1.807, 2.05) is 104 Å². The number of H-pyrrole nitrogens is 2. The molecule has 14 heteroatoms. The molecule has 336 valence electrons. The molecule has 2 aliphatic heterocycles. The number of methoxy groups -OCH3 is 1. The third-order valence-electron chi connectivity index (χ3n) is 12.8. The maximum atomic E-state index is 14.7. The number of likely N-dealkylation sites (N-methyl/N-ethyl adjacent to an activating group) is 1. The van der Waals surface area contributed by atoms with Crippen LogP contribution in [0, 0.1) is 0 Å². The van der Waals surface area contributed by atoms with Gasteiger partial charge in [-0.05, 0) is 92.5 Å². The van der Waals surface area contributed by atoms with Crippen LogP contribution < -0.4 is 10.6 Å². The molecule has 4 heterocycles. The van der Waals surface area contributed by atoms with E-state index in [4.69, 9.17) is 14.7 Å². The van der Waals surface area contributed by atoms with Crippen LogP contribution >= 0.6 is 11.8 Å². The van der Waals surface area contributed by atoms with Crippen molar-refractivity contribution in [2.75, 3.05) is 40.0 Å². The molecule has 6 aromatic rings. The Kier molecular flexibility index (Phi) is 13.5. The van der Waals surface area contributed by atoms with Gasteiger partial charge in [-0.1, -0.05) is 109 Å². The Balaban J connectivity index is 0.871. The average Bonchev–Trinajstić information content (AvgIpc) is 3.79. The number of ether oxygens (including phenoxy) is 1. The van der Waals surface area contributed by atoms with Crippen LogP contribution in [0.15, 0.2) is 122 Å². The molecule has 0 spiro atoms. The molecule has 13 nitrogen and oxygen atoms in total. The third kappa shape index (κ3) is 9.90. The van der Waals surface area contributed by atoms with Gasteiger partial charge in [0.2, 0.25) is 5.91 Å². The maximum Gasteiger partial charge on any atom is 0.407 e. The van der Waals surface area contributed by atoms with E-state index in [-0.39, 0.29) is 29.3 Å². The second-order valence-electron chi connectivity index (χ2n) is 17.4. The van der Waals surface area contributed by atoms with Crippen LogP contribution in [-0.2, 0) is 14.3 Å². The lowest BCUT2D eigenvalue weighted by Crippen LogP contribution is -2.44. The first-order valence-corrected chi connectivity index (χ1v) is 23.7.